The maximum Gasteiger partial charge on any atom is 0.357 e. The number of carbonyl (C=O) groups is 3. The van der Waals surface area contributed by atoms with Gasteiger partial charge < -0.3 is 4.84 Å². The maximum atomic E-state index is 11.1. The second-order valence-corrected chi connectivity index (χ2v) is 6.56. The van der Waals surface area contributed by atoms with Gasteiger partial charge in [-0.15, -0.1) is 0 Å². The first-order chi connectivity index (χ1) is 8.72. The summed E-state index contributed by atoms with van der Waals surface area (Å²) in [5.41, 5.74) is 0.507. The van der Waals surface area contributed by atoms with Crippen LogP contribution in [0.5, 0.6) is 0 Å². The Bertz CT molecular complexity index is 505. The quantitative estimate of drug-likeness (QED) is 0.244. The van der Waals surface area contributed by atoms with E-state index in [-0.39, 0.29) is 11.6 Å². The molecule has 8 heteroatoms. The molecule has 0 aliphatic rings. The SMILES string of the molecule is CC(=O)C(C)=O.NOC(=O)c1ccc(I)c(I)c1I. The molecule has 0 saturated carbocycles. The van der Waals surface area contributed by atoms with E-state index in [1.165, 1.54) is 13.8 Å². The second kappa shape index (κ2) is 9.18. The Hall–Kier alpha value is 0.180. The summed E-state index contributed by atoms with van der Waals surface area (Å²) >= 11 is 6.49. The van der Waals surface area contributed by atoms with Crippen molar-refractivity contribution in [2.24, 2.45) is 5.90 Å². The van der Waals surface area contributed by atoms with E-state index in [9.17, 15) is 14.4 Å². The first kappa shape index (κ1) is 19.2. The highest BCUT2D eigenvalue weighted by atomic mass is 127. The van der Waals surface area contributed by atoms with E-state index < -0.39 is 5.97 Å². The maximum absolute atomic E-state index is 11.1. The molecule has 0 spiro atoms. The number of Topliss-reactive ketones (excluding diaryl/α,β-unsaturated/α-hetero) is 2. The molecule has 0 aromatic heterocycles. The van der Waals surface area contributed by atoms with Gasteiger partial charge in [-0.1, -0.05) is 0 Å². The average Bonchev–Trinajstić information content (AvgIpc) is 2.36. The number of halogens is 3. The Morgan fingerprint density at radius 3 is 1.84 bits per heavy atom. The van der Waals surface area contributed by atoms with Gasteiger partial charge in [-0.05, 0) is 79.9 Å². The fourth-order valence-electron chi connectivity index (χ4n) is 0.747. The van der Waals surface area contributed by atoms with E-state index in [0.717, 1.165) is 10.7 Å². The summed E-state index contributed by atoms with van der Waals surface area (Å²) < 4.78 is 3.03. The summed E-state index contributed by atoms with van der Waals surface area (Å²) in [6.07, 6.45) is 0. The van der Waals surface area contributed by atoms with Crippen LogP contribution in [0.2, 0.25) is 0 Å². The second-order valence-electron chi connectivity index (χ2n) is 3.24. The number of hydrogen-bond acceptors (Lipinski definition) is 5. The van der Waals surface area contributed by atoms with Crippen molar-refractivity contribution >= 4 is 85.3 Å². The molecule has 0 radical (unpaired) electrons. The van der Waals surface area contributed by atoms with Gasteiger partial charge in [-0.2, -0.15) is 5.90 Å². The molecule has 0 heterocycles. The smallest absolute Gasteiger partial charge is 0.357 e. The van der Waals surface area contributed by atoms with Crippen LogP contribution in [-0.4, -0.2) is 17.5 Å². The van der Waals surface area contributed by atoms with Crippen molar-refractivity contribution in [2.45, 2.75) is 13.8 Å². The molecule has 0 aliphatic heterocycles. The first-order valence-corrected chi connectivity index (χ1v) is 8.02. The molecule has 0 amide bonds. The summed E-state index contributed by atoms with van der Waals surface area (Å²) in [6.45, 7) is 2.50. The lowest BCUT2D eigenvalue weighted by Crippen LogP contribution is -2.12. The molecule has 1 rings (SSSR count). The fraction of sp³-hybridized carbons (Fsp3) is 0.182. The topological polar surface area (TPSA) is 86.5 Å². The molecule has 0 aliphatic carbocycles. The average molecular weight is 601 g/mol. The van der Waals surface area contributed by atoms with E-state index in [0.29, 0.717) is 5.56 Å². The molecular formula is C11H10I3NO4. The zero-order valence-electron chi connectivity index (χ0n) is 10.00. The van der Waals surface area contributed by atoms with Crippen LogP contribution in [0.4, 0.5) is 0 Å². The highest BCUT2D eigenvalue weighted by Gasteiger charge is 2.14. The molecule has 2 N–H and O–H groups in total. The van der Waals surface area contributed by atoms with Crippen molar-refractivity contribution in [3.63, 3.8) is 0 Å². The Kier molecular flexibility index (Phi) is 9.26. The van der Waals surface area contributed by atoms with E-state index >= 15 is 0 Å². The van der Waals surface area contributed by atoms with Crippen molar-refractivity contribution < 1.29 is 19.2 Å². The number of ketones is 2. The van der Waals surface area contributed by atoms with Crippen LogP contribution in [0, 0.1) is 10.7 Å². The molecule has 0 bridgehead atoms. The summed E-state index contributed by atoms with van der Waals surface area (Å²) in [5, 5.41) is 0. The van der Waals surface area contributed by atoms with Crippen molar-refractivity contribution in [3.8, 4) is 0 Å². The van der Waals surface area contributed by atoms with E-state index in [1.54, 1.807) is 6.07 Å². The summed E-state index contributed by atoms with van der Waals surface area (Å²) in [5.74, 6) is 3.54. The standard InChI is InChI=1S/C7H4I3NO2.C4H6O2/c8-4-2-1-3(7(12)13-11)5(9)6(4)10;1-3(5)4(2)6/h1-2H,11H2;1-2H3. The van der Waals surface area contributed by atoms with Crippen molar-refractivity contribution in [1.82, 2.24) is 0 Å². The molecule has 0 saturated heterocycles. The minimum absolute atomic E-state index is 0.380. The third-order valence-electron chi connectivity index (χ3n) is 1.86. The Morgan fingerprint density at radius 2 is 1.47 bits per heavy atom. The molecule has 19 heavy (non-hydrogen) atoms. The van der Waals surface area contributed by atoms with Crippen LogP contribution in [0.25, 0.3) is 0 Å². The summed E-state index contributed by atoms with van der Waals surface area (Å²) in [4.78, 5) is 34.9. The van der Waals surface area contributed by atoms with Gasteiger partial charge in [0, 0.05) is 24.6 Å². The van der Waals surface area contributed by atoms with Crippen LogP contribution in [-0.2, 0) is 14.4 Å². The zero-order chi connectivity index (χ0) is 15.2. The third-order valence-corrected chi connectivity index (χ3v) is 7.06. The van der Waals surface area contributed by atoms with Gasteiger partial charge in [0.15, 0.2) is 11.6 Å². The number of nitrogens with two attached hydrogens (primary N) is 1. The summed E-state index contributed by atoms with van der Waals surface area (Å²) in [6, 6.07) is 3.57. The van der Waals surface area contributed by atoms with Crippen LogP contribution >= 0.6 is 67.8 Å². The van der Waals surface area contributed by atoms with Gasteiger partial charge >= 0.3 is 5.97 Å². The molecule has 0 unspecified atom stereocenters. The number of carbonyl (C=O) groups excluding carboxylic acids is 3. The Balaban J connectivity index is 0.000000459. The Morgan fingerprint density at radius 1 is 1.00 bits per heavy atom. The highest BCUT2D eigenvalue weighted by Crippen LogP contribution is 2.24. The number of benzene rings is 1. The van der Waals surface area contributed by atoms with Crippen molar-refractivity contribution in [2.75, 3.05) is 0 Å². The van der Waals surface area contributed by atoms with Crippen LogP contribution < -0.4 is 5.90 Å². The van der Waals surface area contributed by atoms with E-state index in [1.807, 2.05) is 6.07 Å². The van der Waals surface area contributed by atoms with Gasteiger partial charge in [-0.3, -0.25) is 9.59 Å². The van der Waals surface area contributed by atoms with Crippen molar-refractivity contribution in [3.05, 3.63) is 28.4 Å². The lowest BCUT2D eigenvalue weighted by molar-refractivity contribution is -0.134. The first-order valence-electron chi connectivity index (χ1n) is 4.78. The van der Waals surface area contributed by atoms with Crippen LogP contribution in [0.1, 0.15) is 24.2 Å². The minimum atomic E-state index is -0.501. The van der Waals surface area contributed by atoms with Gasteiger partial charge in [-0.25, -0.2) is 4.79 Å². The van der Waals surface area contributed by atoms with Crippen LogP contribution in [0.3, 0.4) is 0 Å². The van der Waals surface area contributed by atoms with Gasteiger partial charge in [0.25, 0.3) is 0 Å². The normalized spacial score (nSPS) is 9.16. The molecule has 104 valence electrons. The predicted octanol–water partition coefficient (Wildman–Crippen LogP) is 2.70. The van der Waals surface area contributed by atoms with E-state index in [4.69, 9.17) is 5.90 Å². The molecule has 0 atom stereocenters. The Labute approximate surface area is 151 Å². The monoisotopic (exact) mass is 601 g/mol. The molecule has 1 aromatic carbocycles. The largest absolute Gasteiger partial charge is 0.370 e. The number of hydrogen-bond donors (Lipinski definition) is 1. The lowest BCUT2D eigenvalue weighted by atomic mass is 10.2. The third kappa shape index (κ3) is 6.44. The van der Waals surface area contributed by atoms with Crippen LogP contribution in [0.15, 0.2) is 12.1 Å². The summed E-state index contributed by atoms with van der Waals surface area (Å²) in [7, 11) is 0. The zero-order valence-corrected chi connectivity index (χ0v) is 16.5. The number of rotatable bonds is 2. The molecule has 5 nitrogen and oxygen atoms in total. The minimum Gasteiger partial charge on any atom is -0.370 e. The lowest BCUT2D eigenvalue weighted by Gasteiger charge is -2.04. The molecule has 0 fully saturated rings. The molecule has 1 aromatic rings. The fourth-order valence-corrected chi connectivity index (χ4v) is 2.87. The predicted molar refractivity (Wildman–Crippen MR) is 95.6 cm³/mol. The van der Waals surface area contributed by atoms with Gasteiger partial charge in [0.2, 0.25) is 0 Å². The van der Waals surface area contributed by atoms with Gasteiger partial charge in [0.05, 0.1) is 5.56 Å². The van der Waals surface area contributed by atoms with Gasteiger partial charge in [0.1, 0.15) is 0 Å². The highest BCUT2D eigenvalue weighted by molar-refractivity contribution is 14.1. The van der Waals surface area contributed by atoms with E-state index in [2.05, 4.69) is 72.6 Å². The van der Waals surface area contributed by atoms with Crippen molar-refractivity contribution in [1.29, 1.82) is 0 Å². The molecular weight excluding hydrogens is 591 g/mol.